The summed E-state index contributed by atoms with van der Waals surface area (Å²) in [5, 5.41) is 18.8. The Morgan fingerprint density at radius 1 is 1.26 bits per heavy atom. The number of ether oxygens (including phenoxy) is 2. The molecule has 212 valence electrons. The number of hydrogen-bond acceptors (Lipinski definition) is 10. The highest BCUT2D eigenvalue weighted by Gasteiger charge is 2.44. The van der Waals surface area contributed by atoms with Gasteiger partial charge >= 0.3 is 0 Å². The van der Waals surface area contributed by atoms with Gasteiger partial charge in [0.15, 0.2) is 5.65 Å². The van der Waals surface area contributed by atoms with Crippen LogP contribution >= 0.6 is 0 Å². The van der Waals surface area contributed by atoms with Crippen LogP contribution in [0.4, 0.5) is 0 Å². The lowest BCUT2D eigenvalue weighted by molar-refractivity contribution is -0.0312. The largest absolute Gasteiger partial charge is 0.491 e. The zero-order valence-corrected chi connectivity index (χ0v) is 23.0. The van der Waals surface area contributed by atoms with Crippen LogP contribution in [0.3, 0.4) is 0 Å². The molecule has 4 heterocycles. The third kappa shape index (κ3) is 6.24. The predicted molar refractivity (Wildman–Crippen MR) is 141 cm³/mol. The number of pyridine rings is 1. The second kappa shape index (κ2) is 10.7. The standard InChI is InChI=1S/C24H32N6O7S2/c1-16-28-22-10-21(13-27-23(22)29-16)39(34,35)30-7-5-24(6-8-30)11-17(14-37-24)26-12-18(31)15-36-19-3-2-4-20(9-19)38(25,32)33/h2-4,9-10,13,17-18,26,31H,5-8,11-12,14-15H2,1H3,(H2,25,32,33)(H,27,28,29)/t17-,18?/m1/s1. The van der Waals surface area contributed by atoms with E-state index in [1.54, 1.807) is 19.1 Å². The molecule has 1 spiro atoms. The molecule has 2 aromatic heterocycles. The molecule has 5 N–H and O–H groups in total. The van der Waals surface area contributed by atoms with Crippen LogP contribution in [0.1, 0.15) is 25.1 Å². The second-order valence-electron chi connectivity index (χ2n) is 10.1. The molecule has 0 amide bonds. The molecule has 1 aromatic carbocycles. The smallest absolute Gasteiger partial charge is 0.244 e. The summed E-state index contributed by atoms with van der Waals surface area (Å²) < 4.78 is 62.6. The van der Waals surface area contributed by atoms with Gasteiger partial charge in [-0.25, -0.2) is 31.9 Å². The Bertz CT molecular complexity index is 1550. The molecule has 2 atom stereocenters. The van der Waals surface area contributed by atoms with Gasteiger partial charge in [-0.1, -0.05) is 6.07 Å². The number of aromatic amines is 1. The number of H-pyrrole nitrogens is 1. The lowest BCUT2D eigenvalue weighted by Crippen LogP contribution is -2.47. The van der Waals surface area contributed by atoms with E-state index in [1.807, 2.05) is 0 Å². The number of nitrogens with two attached hydrogens (primary N) is 1. The number of rotatable bonds is 9. The maximum atomic E-state index is 13.2. The van der Waals surface area contributed by atoms with Gasteiger partial charge in [-0.3, -0.25) is 0 Å². The van der Waals surface area contributed by atoms with E-state index >= 15 is 0 Å². The molecule has 1 unspecified atom stereocenters. The number of nitrogens with one attached hydrogen (secondary N) is 2. The van der Waals surface area contributed by atoms with Crippen LogP contribution in [-0.2, 0) is 24.8 Å². The highest BCUT2D eigenvalue weighted by atomic mass is 32.2. The molecule has 13 nitrogen and oxygen atoms in total. The number of aromatic nitrogens is 3. The molecule has 2 saturated heterocycles. The van der Waals surface area contributed by atoms with Crippen molar-refractivity contribution in [3.8, 4) is 5.75 Å². The number of aliphatic hydroxyl groups excluding tert-OH is 1. The van der Waals surface area contributed by atoms with Gasteiger partial charge in [0, 0.05) is 37.9 Å². The third-order valence-electron chi connectivity index (χ3n) is 7.13. The van der Waals surface area contributed by atoms with Crippen LogP contribution in [-0.4, -0.2) is 91.8 Å². The predicted octanol–water partition coefficient (Wildman–Crippen LogP) is 0.255. The number of aliphatic hydroxyl groups is 1. The Morgan fingerprint density at radius 3 is 2.77 bits per heavy atom. The van der Waals surface area contributed by atoms with E-state index < -0.39 is 31.8 Å². The minimum atomic E-state index is -3.84. The first-order valence-electron chi connectivity index (χ1n) is 12.6. The van der Waals surface area contributed by atoms with Gasteiger partial charge in [0.1, 0.15) is 34.7 Å². The Hall–Kier alpha value is -2.66. The van der Waals surface area contributed by atoms with Gasteiger partial charge in [-0.15, -0.1) is 0 Å². The second-order valence-corrected chi connectivity index (χ2v) is 13.6. The summed E-state index contributed by atoms with van der Waals surface area (Å²) in [6.07, 6.45) is 2.35. The lowest BCUT2D eigenvalue weighted by Gasteiger charge is -2.38. The van der Waals surface area contributed by atoms with Gasteiger partial charge in [0.2, 0.25) is 20.0 Å². The van der Waals surface area contributed by atoms with Crippen LogP contribution in [0.15, 0.2) is 46.3 Å². The maximum Gasteiger partial charge on any atom is 0.244 e. The van der Waals surface area contributed by atoms with Crippen molar-refractivity contribution in [1.82, 2.24) is 24.6 Å². The number of fused-ring (bicyclic) bond motifs is 1. The first-order valence-corrected chi connectivity index (χ1v) is 15.6. The third-order valence-corrected chi connectivity index (χ3v) is 9.90. The molecule has 5 rings (SSSR count). The normalized spacial score (nSPS) is 20.9. The highest BCUT2D eigenvalue weighted by Crippen LogP contribution is 2.37. The minimum Gasteiger partial charge on any atom is -0.491 e. The van der Waals surface area contributed by atoms with E-state index in [2.05, 4.69) is 20.3 Å². The van der Waals surface area contributed by atoms with Crippen LogP contribution in [0, 0.1) is 6.92 Å². The van der Waals surface area contributed by atoms with Gasteiger partial charge in [0.25, 0.3) is 0 Å². The SMILES string of the molecule is Cc1nc2cc(S(=O)(=O)N3CCC4(CC3)C[C@@H](NCC(O)COc3cccc(S(N)(=O)=O)c3)CO4)cnc2[nH]1. The van der Waals surface area contributed by atoms with Crippen molar-refractivity contribution in [2.45, 2.75) is 53.7 Å². The van der Waals surface area contributed by atoms with E-state index in [1.165, 1.54) is 28.7 Å². The number of nitrogens with zero attached hydrogens (tertiary/aromatic N) is 3. The fourth-order valence-electron chi connectivity index (χ4n) is 5.04. The van der Waals surface area contributed by atoms with E-state index in [0.717, 1.165) is 0 Å². The molecule has 0 saturated carbocycles. The number of sulfonamides is 2. The Labute approximate surface area is 226 Å². The fourth-order valence-corrected chi connectivity index (χ4v) is 7.00. The molecule has 2 fully saturated rings. The lowest BCUT2D eigenvalue weighted by atomic mass is 9.88. The topological polar surface area (TPSA) is 190 Å². The molecule has 2 aliphatic heterocycles. The molecule has 15 heteroatoms. The van der Waals surface area contributed by atoms with Crippen LogP contribution in [0.2, 0.25) is 0 Å². The molecule has 0 bridgehead atoms. The number of benzene rings is 1. The molecular formula is C24H32N6O7S2. The quantitative estimate of drug-likeness (QED) is 0.273. The van der Waals surface area contributed by atoms with Crippen molar-refractivity contribution in [3.63, 3.8) is 0 Å². The van der Waals surface area contributed by atoms with Crippen molar-refractivity contribution in [2.24, 2.45) is 5.14 Å². The first-order chi connectivity index (χ1) is 18.4. The molecule has 2 aliphatic rings. The van der Waals surface area contributed by atoms with Crippen molar-refractivity contribution in [1.29, 1.82) is 0 Å². The van der Waals surface area contributed by atoms with Crippen LogP contribution in [0.5, 0.6) is 5.75 Å². The summed E-state index contributed by atoms with van der Waals surface area (Å²) in [5.41, 5.74) is 0.649. The summed E-state index contributed by atoms with van der Waals surface area (Å²) >= 11 is 0. The average molecular weight is 581 g/mol. The first kappa shape index (κ1) is 27.9. The molecule has 3 aromatic rings. The van der Waals surface area contributed by atoms with Gasteiger partial charge in [0.05, 0.1) is 17.1 Å². The van der Waals surface area contributed by atoms with Gasteiger partial charge < -0.3 is 24.9 Å². The number of aryl methyl sites for hydroxylation is 1. The zero-order chi connectivity index (χ0) is 27.8. The molecule has 39 heavy (non-hydrogen) atoms. The molecule has 0 radical (unpaired) electrons. The fraction of sp³-hybridized carbons (Fsp3) is 0.500. The summed E-state index contributed by atoms with van der Waals surface area (Å²) in [4.78, 5) is 11.5. The van der Waals surface area contributed by atoms with Crippen molar-refractivity contribution in [3.05, 3.63) is 42.4 Å². The van der Waals surface area contributed by atoms with E-state index in [0.29, 0.717) is 61.7 Å². The Kier molecular flexibility index (Phi) is 7.67. The van der Waals surface area contributed by atoms with Crippen molar-refractivity contribution >= 4 is 31.2 Å². The minimum absolute atomic E-state index is 0.00281. The summed E-state index contributed by atoms with van der Waals surface area (Å²) in [7, 11) is -7.55. The van der Waals surface area contributed by atoms with Crippen molar-refractivity contribution in [2.75, 3.05) is 32.8 Å². The Morgan fingerprint density at radius 2 is 2.03 bits per heavy atom. The van der Waals surface area contributed by atoms with E-state index in [4.69, 9.17) is 14.6 Å². The summed E-state index contributed by atoms with van der Waals surface area (Å²) in [6.45, 7) is 3.13. The van der Waals surface area contributed by atoms with E-state index in [-0.39, 0.29) is 29.0 Å². The van der Waals surface area contributed by atoms with Gasteiger partial charge in [-0.2, -0.15) is 4.31 Å². The summed E-state index contributed by atoms with van der Waals surface area (Å²) in [5.74, 6) is 0.962. The number of imidazole rings is 1. The van der Waals surface area contributed by atoms with Gasteiger partial charge in [-0.05, 0) is 44.4 Å². The van der Waals surface area contributed by atoms with Crippen LogP contribution in [0.25, 0.3) is 11.2 Å². The average Bonchev–Trinajstić information content (AvgIpc) is 3.47. The Balaban J connectivity index is 1.09. The van der Waals surface area contributed by atoms with Crippen molar-refractivity contribution < 1.29 is 31.4 Å². The number of piperidine rings is 1. The van der Waals surface area contributed by atoms with Crippen LogP contribution < -0.4 is 15.2 Å². The summed E-state index contributed by atoms with van der Waals surface area (Å²) in [6, 6.07) is 7.33. The zero-order valence-electron chi connectivity index (χ0n) is 21.4. The monoisotopic (exact) mass is 580 g/mol. The number of primary sulfonamides is 1. The highest BCUT2D eigenvalue weighted by molar-refractivity contribution is 7.89. The maximum absolute atomic E-state index is 13.2. The molecule has 0 aliphatic carbocycles. The number of hydrogen-bond donors (Lipinski definition) is 4. The molecular weight excluding hydrogens is 548 g/mol. The van der Waals surface area contributed by atoms with E-state index in [9.17, 15) is 21.9 Å².